The van der Waals surface area contributed by atoms with E-state index in [0.29, 0.717) is 22.0 Å². The number of para-hydroxylation sites is 1. The molecule has 192 valence electrons. The minimum atomic E-state index is -1.09. The van der Waals surface area contributed by atoms with Crippen LogP contribution in [0.5, 0.6) is 11.5 Å². The van der Waals surface area contributed by atoms with E-state index >= 15 is 0 Å². The molecule has 1 spiro atoms. The number of benzene rings is 3. The first-order chi connectivity index (χ1) is 17.6. The largest absolute Gasteiger partial charge is 0.733 e. The van der Waals surface area contributed by atoms with Crippen LogP contribution in [0.2, 0.25) is 5.02 Å². The van der Waals surface area contributed by atoms with Gasteiger partial charge in [-0.05, 0) is 68.3 Å². The summed E-state index contributed by atoms with van der Waals surface area (Å²) in [4.78, 5) is 15.3. The molecule has 0 saturated heterocycles. The van der Waals surface area contributed by atoms with Crippen LogP contribution >= 0.6 is 11.6 Å². The molecule has 0 aliphatic carbocycles. The number of aryl methyl sites for hydroxylation is 1. The summed E-state index contributed by atoms with van der Waals surface area (Å²) in [5.41, 5.74) is 2.30. The number of carbonyl (C=O) groups is 1. The van der Waals surface area contributed by atoms with E-state index in [9.17, 15) is 15.2 Å². The predicted octanol–water partition coefficient (Wildman–Crippen LogP) is 5.89. The molecule has 2 N–H and O–H groups in total. The van der Waals surface area contributed by atoms with Crippen LogP contribution in [-0.2, 0) is 10.2 Å². The summed E-state index contributed by atoms with van der Waals surface area (Å²) in [5.74, 6) is 0.433. The Hall–Kier alpha value is -3.72. The first-order valence-corrected chi connectivity index (χ1v) is 12.1. The van der Waals surface area contributed by atoms with Crippen LogP contribution in [0.1, 0.15) is 30.5 Å². The average molecular weight is 521 g/mol. The summed E-state index contributed by atoms with van der Waals surface area (Å²) in [7, 11) is 1.46. The van der Waals surface area contributed by atoms with Crippen molar-refractivity contribution in [2.75, 3.05) is 29.1 Å². The van der Waals surface area contributed by atoms with Gasteiger partial charge in [0.15, 0.2) is 11.5 Å². The molecule has 2 heterocycles. The molecule has 0 fully saturated rings. The number of amides is 1. The quantitative estimate of drug-likeness (QED) is 0.405. The lowest BCUT2D eigenvalue weighted by molar-refractivity contribution is -0.115. The first-order valence-electron chi connectivity index (χ1n) is 11.8. The topological polar surface area (TPSA) is 97.3 Å². The number of rotatable bonds is 5. The van der Waals surface area contributed by atoms with Crippen molar-refractivity contribution >= 4 is 40.6 Å². The van der Waals surface area contributed by atoms with E-state index in [0.717, 1.165) is 16.8 Å². The third kappa shape index (κ3) is 3.98. The predicted molar refractivity (Wildman–Crippen MR) is 145 cm³/mol. The Labute approximate surface area is 220 Å². The van der Waals surface area contributed by atoms with Gasteiger partial charge in [0.25, 0.3) is 0 Å². The Kier molecular flexibility index (Phi) is 6.06. The zero-order chi connectivity index (χ0) is 26.5. The highest BCUT2D eigenvalue weighted by Crippen LogP contribution is 2.56. The molecule has 0 aromatic heterocycles. The molecule has 37 heavy (non-hydrogen) atoms. The summed E-state index contributed by atoms with van der Waals surface area (Å²) in [6.45, 7) is 6.03. The minimum Gasteiger partial charge on any atom is -0.733 e. The highest BCUT2D eigenvalue weighted by atomic mass is 35.5. The van der Waals surface area contributed by atoms with Gasteiger partial charge in [0, 0.05) is 17.3 Å². The van der Waals surface area contributed by atoms with Gasteiger partial charge in [0.1, 0.15) is 6.54 Å². The standard InChI is InChI=1S/C28H27ClN3O5/c1-17-9-10-22(21(29)13-17)30-25(33)16-31-23-8-6-5-7-20(23)27(2,3)28(31)12-11-18-14-19(32(34)35)15-24(36-4)26(18)37-28/h5-15,34H,16H2,1-4H3,(H,30,33)/q-1. The molecule has 9 heteroatoms. The van der Waals surface area contributed by atoms with Crippen LogP contribution in [-0.4, -0.2) is 30.5 Å². The third-order valence-corrected chi connectivity index (χ3v) is 7.43. The number of methoxy groups -OCH3 is 1. The van der Waals surface area contributed by atoms with Crippen molar-refractivity contribution in [3.63, 3.8) is 0 Å². The number of ether oxygens (including phenoxy) is 2. The van der Waals surface area contributed by atoms with Crippen LogP contribution in [0.15, 0.2) is 60.7 Å². The van der Waals surface area contributed by atoms with Gasteiger partial charge in [-0.3, -0.25) is 10.0 Å². The van der Waals surface area contributed by atoms with Gasteiger partial charge < -0.3 is 30.1 Å². The Bertz CT molecular complexity index is 1420. The Morgan fingerprint density at radius 1 is 1.22 bits per heavy atom. The number of hydrogen-bond acceptors (Lipinski definition) is 7. The molecule has 1 amide bonds. The highest BCUT2D eigenvalue weighted by Gasteiger charge is 2.59. The highest BCUT2D eigenvalue weighted by molar-refractivity contribution is 6.33. The molecule has 0 radical (unpaired) electrons. The monoisotopic (exact) mass is 520 g/mol. The smallest absolute Gasteiger partial charge is 0.244 e. The van der Waals surface area contributed by atoms with Crippen molar-refractivity contribution < 1.29 is 19.5 Å². The van der Waals surface area contributed by atoms with E-state index in [2.05, 4.69) is 19.2 Å². The first kappa shape index (κ1) is 25.0. The van der Waals surface area contributed by atoms with Gasteiger partial charge in [-0.25, -0.2) is 0 Å². The molecule has 3 aromatic carbocycles. The number of nitrogens with one attached hydrogen (secondary N) is 1. The SMILES string of the molecule is COc1cc(N([O-])O)cc2c1OC1(C=C2)N(CC(=O)Nc2ccc(C)cc2Cl)c2ccccc2C1(C)C. The van der Waals surface area contributed by atoms with Gasteiger partial charge in [0.2, 0.25) is 11.6 Å². The van der Waals surface area contributed by atoms with Crippen molar-refractivity contribution in [1.82, 2.24) is 0 Å². The van der Waals surface area contributed by atoms with E-state index in [1.807, 2.05) is 54.3 Å². The molecule has 2 aliphatic rings. The maximum Gasteiger partial charge on any atom is 0.244 e. The third-order valence-electron chi connectivity index (χ3n) is 7.12. The maximum atomic E-state index is 13.4. The van der Waals surface area contributed by atoms with Gasteiger partial charge in [-0.1, -0.05) is 35.9 Å². The van der Waals surface area contributed by atoms with Crippen molar-refractivity contribution in [1.29, 1.82) is 0 Å². The number of carbonyl (C=O) groups excluding carboxylic acids is 1. The number of anilines is 3. The summed E-state index contributed by atoms with van der Waals surface area (Å²) >= 11 is 6.36. The van der Waals surface area contributed by atoms with Gasteiger partial charge in [-0.2, -0.15) is 0 Å². The van der Waals surface area contributed by atoms with Crippen LogP contribution in [0, 0.1) is 12.1 Å². The van der Waals surface area contributed by atoms with Gasteiger partial charge in [0.05, 0.1) is 28.9 Å². The number of fused-ring (bicyclic) bond motifs is 2. The normalized spacial score (nSPS) is 18.7. The summed E-state index contributed by atoms with van der Waals surface area (Å²) in [6.07, 6.45) is 3.71. The fourth-order valence-electron chi connectivity index (χ4n) is 5.18. The summed E-state index contributed by atoms with van der Waals surface area (Å²) in [6, 6.07) is 16.3. The molecule has 1 atom stereocenters. The van der Waals surface area contributed by atoms with Crippen LogP contribution in [0.4, 0.5) is 17.1 Å². The number of halogens is 1. The molecular formula is C28H27ClN3O5-. The molecule has 0 bridgehead atoms. The Morgan fingerprint density at radius 2 is 1.97 bits per heavy atom. The second-order valence-corrected chi connectivity index (χ2v) is 10.1. The lowest BCUT2D eigenvalue weighted by Crippen LogP contribution is -2.61. The molecule has 8 nitrogen and oxygen atoms in total. The van der Waals surface area contributed by atoms with Crippen molar-refractivity contribution in [3.05, 3.63) is 87.6 Å². The molecule has 5 rings (SSSR count). The summed E-state index contributed by atoms with van der Waals surface area (Å²) < 4.78 is 12.3. The molecule has 3 aromatic rings. The fourth-order valence-corrected chi connectivity index (χ4v) is 5.46. The van der Waals surface area contributed by atoms with Crippen LogP contribution < -0.4 is 24.9 Å². The Morgan fingerprint density at radius 3 is 2.68 bits per heavy atom. The second kappa shape index (κ2) is 8.99. The lowest BCUT2D eigenvalue weighted by Gasteiger charge is -2.47. The van der Waals surface area contributed by atoms with E-state index in [1.54, 1.807) is 12.1 Å². The Balaban J connectivity index is 1.57. The van der Waals surface area contributed by atoms with Crippen LogP contribution in [0.25, 0.3) is 6.08 Å². The maximum absolute atomic E-state index is 13.4. The van der Waals surface area contributed by atoms with Crippen molar-refractivity contribution in [2.45, 2.75) is 31.9 Å². The van der Waals surface area contributed by atoms with E-state index in [-0.39, 0.29) is 29.1 Å². The van der Waals surface area contributed by atoms with E-state index in [4.69, 9.17) is 21.1 Å². The number of nitrogens with zero attached hydrogens (tertiary/aromatic N) is 2. The minimum absolute atomic E-state index is 0.0139. The zero-order valence-corrected chi connectivity index (χ0v) is 21.7. The van der Waals surface area contributed by atoms with E-state index < -0.39 is 11.1 Å². The zero-order valence-electron chi connectivity index (χ0n) is 20.9. The second-order valence-electron chi connectivity index (χ2n) is 9.73. The lowest BCUT2D eigenvalue weighted by atomic mass is 9.76. The van der Waals surface area contributed by atoms with Crippen LogP contribution in [0.3, 0.4) is 0 Å². The van der Waals surface area contributed by atoms with Gasteiger partial charge in [-0.15, -0.1) is 0 Å². The average Bonchev–Trinajstić information content (AvgIpc) is 3.03. The fraction of sp³-hybridized carbons (Fsp3) is 0.250. The van der Waals surface area contributed by atoms with Crippen molar-refractivity contribution in [2.24, 2.45) is 0 Å². The van der Waals surface area contributed by atoms with E-state index in [1.165, 1.54) is 19.2 Å². The number of hydrogen-bond donors (Lipinski definition) is 2. The molecular weight excluding hydrogens is 494 g/mol. The van der Waals surface area contributed by atoms with Crippen molar-refractivity contribution in [3.8, 4) is 11.5 Å². The summed E-state index contributed by atoms with van der Waals surface area (Å²) in [5, 5.41) is 24.2. The molecule has 1 unspecified atom stereocenters. The molecule has 0 saturated carbocycles. The molecule has 2 aliphatic heterocycles. The van der Waals surface area contributed by atoms with Gasteiger partial charge >= 0.3 is 0 Å².